The van der Waals surface area contributed by atoms with Crippen molar-refractivity contribution in [2.75, 3.05) is 5.21 Å². The fourth-order valence-corrected chi connectivity index (χ4v) is 1.54. The quantitative estimate of drug-likeness (QED) is 0.657. The van der Waals surface area contributed by atoms with Gasteiger partial charge in [0, 0.05) is 6.20 Å². The van der Waals surface area contributed by atoms with Gasteiger partial charge in [-0.15, -0.1) is 11.6 Å². The lowest BCUT2D eigenvalue weighted by Crippen LogP contribution is -2.03. The van der Waals surface area contributed by atoms with Crippen molar-refractivity contribution < 1.29 is 8.42 Å². The maximum Gasteiger partial charge on any atom is 0.209 e. The van der Waals surface area contributed by atoms with Crippen molar-refractivity contribution in [3.05, 3.63) is 24.4 Å². The molecule has 5 heteroatoms. The van der Waals surface area contributed by atoms with Crippen LogP contribution in [0.1, 0.15) is 0 Å². The molecular weight excluding hydrogens is 186 g/mol. The van der Waals surface area contributed by atoms with E-state index in [1.807, 2.05) is 0 Å². The molecule has 0 atom stereocenters. The van der Waals surface area contributed by atoms with Crippen LogP contribution in [-0.4, -0.2) is 18.6 Å². The Labute approximate surface area is 69.9 Å². The van der Waals surface area contributed by atoms with E-state index in [0.717, 1.165) is 0 Å². The molecule has 0 aliphatic rings. The van der Waals surface area contributed by atoms with Crippen molar-refractivity contribution in [1.82, 2.24) is 4.98 Å². The maximum absolute atomic E-state index is 11.0. The molecule has 0 aliphatic heterocycles. The molecule has 0 fully saturated rings. The van der Waals surface area contributed by atoms with Crippen LogP contribution in [0.4, 0.5) is 0 Å². The van der Waals surface area contributed by atoms with Crippen molar-refractivity contribution >= 4 is 21.4 Å². The fourth-order valence-electron chi connectivity index (χ4n) is 0.587. The van der Waals surface area contributed by atoms with Crippen molar-refractivity contribution in [3.8, 4) is 0 Å². The van der Waals surface area contributed by atoms with Gasteiger partial charge in [-0.05, 0) is 12.1 Å². The molecule has 0 radical (unpaired) electrons. The Hall–Kier alpha value is -0.610. The van der Waals surface area contributed by atoms with E-state index in [9.17, 15) is 8.42 Å². The third-order valence-electron chi connectivity index (χ3n) is 1.10. The van der Waals surface area contributed by atoms with Crippen LogP contribution >= 0.6 is 11.6 Å². The summed E-state index contributed by atoms with van der Waals surface area (Å²) in [7, 11) is -3.34. The normalized spacial score (nSPS) is 11.4. The SMILES string of the molecule is O=S(=O)(CCl)c1ccccn1. The van der Waals surface area contributed by atoms with Crippen molar-refractivity contribution in [3.63, 3.8) is 0 Å². The minimum atomic E-state index is -3.34. The van der Waals surface area contributed by atoms with Crippen LogP contribution in [0, 0.1) is 0 Å². The third-order valence-corrected chi connectivity index (χ3v) is 3.13. The van der Waals surface area contributed by atoms with Crippen LogP contribution in [-0.2, 0) is 9.84 Å². The molecule has 1 heterocycles. The smallest absolute Gasteiger partial charge is 0.209 e. The molecule has 1 aromatic rings. The highest BCUT2D eigenvalue weighted by molar-refractivity contribution is 7.92. The Morgan fingerprint density at radius 1 is 1.45 bits per heavy atom. The first-order valence-corrected chi connectivity index (χ1v) is 5.05. The van der Waals surface area contributed by atoms with Gasteiger partial charge in [-0.3, -0.25) is 0 Å². The van der Waals surface area contributed by atoms with Crippen molar-refractivity contribution in [2.24, 2.45) is 0 Å². The Kier molecular flexibility index (Phi) is 2.46. The maximum atomic E-state index is 11.0. The number of halogens is 1. The molecule has 3 nitrogen and oxygen atoms in total. The molecule has 0 bridgehead atoms. The monoisotopic (exact) mass is 191 g/mol. The van der Waals surface area contributed by atoms with Gasteiger partial charge in [0.25, 0.3) is 0 Å². The topological polar surface area (TPSA) is 47.0 Å². The lowest BCUT2D eigenvalue weighted by atomic mass is 10.5. The largest absolute Gasteiger partial charge is 0.245 e. The molecule has 0 aromatic carbocycles. The van der Waals surface area contributed by atoms with Gasteiger partial charge in [0.2, 0.25) is 9.84 Å². The molecule has 11 heavy (non-hydrogen) atoms. The average Bonchev–Trinajstić information content (AvgIpc) is 2.06. The van der Waals surface area contributed by atoms with Crippen molar-refractivity contribution in [1.29, 1.82) is 0 Å². The number of sulfone groups is 1. The number of nitrogens with zero attached hydrogens (tertiary/aromatic N) is 1. The molecule has 0 saturated heterocycles. The summed E-state index contributed by atoms with van der Waals surface area (Å²) in [4.78, 5) is 3.65. The van der Waals surface area contributed by atoms with Crippen LogP contribution in [0.25, 0.3) is 0 Å². The number of hydrogen-bond acceptors (Lipinski definition) is 3. The van der Waals surface area contributed by atoms with E-state index < -0.39 is 15.0 Å². The summed E-state index contributed by atoms with van der Waals surface area (Å²) in [6.07, 6.45) is 1.42. The average molecular weight is 192 g/mol. The van der Waals surface area contributed by atoms with Crippen molar-refractivity contribution in [2.45, 2.75) is 5.03 Å². The summed E-state index contributed by atoms with van der Waals surface area (Å²) in [6, 6.07) is 4.66. The molecule has 0 unspecified atom stereocenters. The van der Waals surface area contributed by atoms with Gasteiger partial charge in [-0.25, -0.2) is 13.4 Å². The third kappa shape index (κ3) is 1.91. The highest BCUT2D eigenvalue weighted by Gasteiger charge is 2.12. The molecule has 0 aliphatic carbocycles. The predicted molar refractivity (Wildman–Crippen MR) is 42.1 cm³/mol. The summed E-state index contributed by atoms with van der Waals surface area (Å²) >= 11 is 5.20. The molecule has 0 spiro atoms. The number of aromatic nitrogens is 1. The zero-order valence-electron chi connectivity index (χ0n) is 5.57. The van der Waals surface area contributed by atoms with E-state index in [0.29, 0.717) is 0 Å². The standard InChI is InChI=1S/C6H6ClNO2S/c7-5-11(9,10)6-3-1-2-4-8-6/h1-4H,5H2. The van der Waals surface area contributed by atoms with E-state index in [1.165, 1.54) is 12.3 Å². The minimum Gasteiger partial charge on any atom is -0.245 e. The number of pyridine rings is 1. The highest BCUT2D eigenvalue weighted by Crippen LogP contribution is 2.06. The molecule has 1 rings (SSSR count). The first-order chi connectivity index (χ1) is 5.17. The second kappa shape index (κ2) is 3.19. The van der Waals surface area contributed by atoms with Gasteiger partial charge in [0.15, 0.2) is 5.03 Å². The van der Waals surface area contributed by atoms with Gasteiger partial charge < -0.3 is 0 Å². The van der Waals surface area contributed by atoms with Crippen LogP contribution in [0.5, 0.6) is 0 Å². The number of alkyl halides is 1. The Morgan fingerprint density at radius 3 is 2.64 bits per heavy atom. The molecule has 0 amide bonds. The van der Waals surface area contributed by atoms with Gasteiger partial charge in [-0.1, -0.05) is 6.07 Å². The summed E-state index contributed by atoms with van der Waals surface area (Å²) < 4.78 is 22.0. The second-order valence-electron chi connectivity index (χ2n) is 1.89. The summed E-state index contributed by atoms with van der Waals surface area (Å²) in [5, 5.41) is -0.403. The Morgan fingerprint density at radius 2 is 2.18 bits per heavy atom. The van der Waals surface area contributed by atoms with E-state index in [4.69, 9.17) is 11.6 Å². The van der Waals surface area contributed by atoms with Gasteiger partial charge >= 0.3 is 0 Å². The first-order valence-electron chi connectivity index (χ1n) is 2.86. The highest BCUT2D eigenvalue weighted by atomic mass is 35.5. The number of hydrogen-bond donors (Lipinski definition) is 0. The fraction of sp³-hybridized carbons (Fsp3) is 0.167. The van der Waals surface area contributed by atoms with E-state index in [2.05, 4.69) is 4.98 Å². The molecular formula is C6H6ClNO2S. The number of rotatable bonds is 2. The minimum absolute atomic E-state index is 0.0231. The summed E-state index contributed by atoms with van der Waals surface area (Å²) in [5.74, 6) is 0. The lowest BCUT2D eigenvalue weighted by molar-refractivity contribution is 0.597. The van der Waals surface area contributed by atoms with Crippen LogP contribution in [0.3, 0.4) is 0 Å². The van der Waals surface area contributed by atoms with Crippen LogP contribution in [0.15, 0.2) is 29.4 Å². The van der Waals surface area contributed by atoms with E-state index in [1.54, 1.807) is 12.1 Å². The molecule has 0 saturated carbocycles. The van der Waals surface area contributed by atoms with Gasteiger partial charge in [0.1, 0.15) is 5.21 Å². The van der Waals surface area contributed by atoms with Gasteiger partial charge in [0.05, 0.1) is 0 Å². The molecule has 60 valence electrons. The summed E-state index contributed by atoms with van der Waals surface area (Å²) in [5.41, 5.74) is 0. The predicted octanol–water partition coefficient (Wildman–Crippen LogP) is 1.05. The second-order valence-corrected chi connectivity index (χ2v) is 4.41. The zero-order chi connectivity index (χ0) is 8.32. The summed E-state index contributed by atoms with van der Waals surface area (Å²) in [6.45, 7) is 0. The molecule has 1 aromatic heterocycles. The van der Waals surface area contributed by atoms with E-state index in [-0.39, 0.29) is 5.03 Å². The Bertz CT molecular complexity index is 322. The first kappa shape index (κ1) is 8.49. The zero-order valence-corrected chi connectivity index (χ0v) is 7.14. The molecule has 0 N–H and O–H groups in total. The van der Waals surface area contributed by atoms with E-state index >= 15 is 0 Å². The van der Waals surface area contributed by atoms with Crippen LogP contribution < -0.4 is 0 Å². The Balaban J connectivity index is 3.14. The van der Waals surface area contributed by atoms with Crippen LogP contribution in [0.2, 0.25) is 0 Å². The van der Waals surface area contributed by atoms with Gasteiger partial charge in [-0.2, -0.15) is 0 Å². The lowest BCUT2D eigenvalue weighted by Gasteiger charge is -1.95.